The molecule has 3 rings (SSSR count). The number of hydrogen-bond donors (Lipinski definition) is 0. The van der Waals surface area contributed by atoms with Gasteiger partial charge in [0.05, 0.1) is 18.1 Å². The summed E-state index contributed by atoms with van der Waals surface area (Å²) in [5.74, 6) is -0.165. The van der Waals surface area contributed by atoms with E-state index in [0.717, 1.165) is 11.1 Å². The maximum Gasteiger partial charge on any atom is 0.243 e. The standard InChI is InChI=1S/C20H21NO4S/c1-16-3-2-4-17(15-16)5-10-20(22)18-6-8-19(9-7-18)26(23,24)21-11-13-25-14-12-21/h2-10,15H,11-14H2,1H3/b10-5+. The van der Waals surface area contributed by atoms with Gasteiger partial charge >= 0.3 is 0 Å². The quantitative estimate of drug-likeness (QED) is 0.599. The van der Waals surface area contributed by atoms with Crippen molar-refractivity contribution in [1.29, 1.82) is 0 Å². The summed E-state index contributed by atoms with van der Waals surface area (Å²) in [6, 6.07) is 13.9. The van der Waals surface area contributed by atoms with Crippen LogP contribution in [0.1, 0.15) is 21.5 Å². The summed E-state index contributed by atoms with van der Waals surface area (Å²) in [5.41, 5.74) is 2.52. The van der Waals surface area contributed by atoms with Gasteiger partial charge in [0, 0.05) is 18.7 Å². The minimum atomic E-state index is -3.54. The Morgan fingerprint density at radius 1 is 1.08 bits per heavy atom. The summed E-state index contributed by atoms with van der Waals surface area (Å²) in [7, 11) is -3.54. The van der Waals surface area contributed by atoms with Gasteiger partial charge in [-0.05, 0) is 42.8 Å². The zero-order chi connectivity index (χ0) is 18.6. The third-order valence-corrected chi connectivity index (χ3v) is 6.13. The van der Waals surface area contributed by atoms with E-state index in [1.54, 1.807) is 18.2 Å². The van der Waals surface area contributed by atoms with Crippen molar-refractivity contribution in [2.45, 2.75) is 11.8 Å². The second-order valence-corrected chi connectivity index (χ2v) is 8.09. The van der Waals surface area contributed by atoms with Crippen LogP contribution in [0.2, 0.25) is 0 Å². The van der Waals surface area contributed by atoms with Crippen LogP contribution in [0, 0.1) is 6.92 Å². The molecule has 0 aromatic heterocycles. The number of benzene rings is 2. The molecule has 1 aliphatic rings. The lowest BCUT2D eigenvalue weighted by molar-refractivity contribution is 0.0730. The van der Waals surface area contributed by atoms with E-state index in [9.17, 15) is 13.2 Å². The first-order valence-corrected chi connectivity index (χ1v) is 9.88. The highest BCUT2D eigenvalue weighted by atomic mass is 32.2. The van der Waals surface area contributed by atoms with Gasteiger partial charge in [0.1, 0.15) is 0 Å². The summed E-state index contributed by atoms with van der Waals surface area (Å²) in [6.07, 6.45) is 3.26. The average Bonchev–Trinajstić information content (AvgIpc) is 2.67. The number of carbonyl (C=O) groups excluding carboxylic acids is 1. The molecule has 0 atom stereocenters. The predicted molar refractivity (Wildman–Crippen MR) is 101 cm³/mol. The van der Waals surface area contributed by atoms with Crippen LogP contribution in [-0.4, -0.2) is 44.8 Å². The molecule has 6 heteroatoms. The van der Waals surface area contributed by atoms with Gasteiger partial charge in [0.15, 0.2) is 5.78 Å². The molecule has 0 radical (unpaired) electrons. The average molecular weight is 371 g/mol. The molecule has 2 aromatic rings. The number of sulfonamides is 1. The van der Waals surface area contributed by atoms with Gasteiger partial charge in [-0.25, -0.2) is 8.42 Å². The summed E-state index contributed by atoms with van der Waals surface area (Å²) >= 11 is 0. The van der Waals surface area contributed by atoms with Crippen molar-refractivity contribution in [2.75, 3.05) is 26.3 Å². The van der Waals surface area contributed by atoms with E-state index in [2.05, 4.69) is 0 Å². The Kier molecular flexibility index (Phi) is 5.66. The molecular formula is C20H21NO4S. The monoisotopic (exact) mass is 371 g/mol. The van der Waals surface area contributed by atoms with E-state index in [1.165, 1.54) is 22.5 Å². The van der Waals surface area contributed by atoms with Crippen LogP contribution in [0.15, 0.2) is 59.5 Å². The maximum atomic E-state index is 12.6. The molecule has 1 heterocycles. The number of allylic oxidation sites excluding steroid dienone is 1. The first kappa shape index (κ1) is 18.5. The zero-order valence-corrected chi connectivity index (χ0v) is 15.4. The van der Waals surface area contributed by atoms with Crippen molar-refractivity contribution < 1.29 is 17.9 Å². The summed E-state index contributed by atoms with van der Waals surface area (Å²) in [4.78, 5) is 12.5. The molecule has 0 amide bonds. The largest absolute Gasteiger partial charge is 0.379 e. The number of nitrogens with zero attached hydrogens (tertiary/aromatic N) is 1. The van der Waals surface area contributed by atoms with Crippen molar-refractivity contribution in [3.05, 3.63) is 71.3 Å². The third kappa shape index (κ3) is 4.27. The lowest BCUT2D eigenvalue weighted by Gasteiger charge is -2.26. The Morgan fingerprint density at radius 3 is 2.42 bits per heavy atom. The van der Waals surface area contributed by atoms with E-state index in [0.29, 0.717) is 31.9 Å². The summed E-state index contributed by atoms with van der Waals surface area (Å²) in [6.45, 7) is 3.50. The molecule has 0 unspecified atom stereocenters. The van der Waals surface area contributed by atoms with Gasteiger partial charge < -0.3 is 4.74 Å². The van der Waals surface area contributed by atoms with E-state index < -0.39 is 10.0 Å². The lowest BCUT2D eigenvalue weighted by Crippen LogP contribution is -2.40. The summed E-state index contributed by atoms with van der Waals surface area (Å²) in [5, 5.41) is 0. The molecule has 0 aliphatic carbocycles. The Morgan fingerprint density at radius 2 is 1.77 bits per heavy atom. The van der Waals surface area contributed by atoms with E-state index in [4.69, 9.17) is 4.74 Å². The molecule has 2 aromatic carbocycles. The molecule has 1 aliphatic heterocycles. The molecule has 0 saturated carbocycles. The van der Waals surface area contributed by atoms with Gasteiger partial charge in [-0.1, -0.05) is 35.9 Å². The van der Waals surface area contributed by atoms with Gasteiger partial charge in [0.2, 0.25) is 10.0 Å². The number of aryl methyl sites for hydroxylation is 1. The van der Waals surface area contributed by atoms with Gasteiger partial charge in [-0.2, -0.15) is 4.31 Å². The van der Waals surface area contributed by atoms with Gasteiger partial charge in [-0.3, -0.25) is 4.79 Å². The normalized spacial score (nSPS) is 16.0. The number of ether oxygens (including phenoxy) is 1. The smallest absolute Gasteiger partial charge is 0.243 e. The predicted octanol–water partition coefficient (Wildman–Crippen LogP) is 2.91. The molecular weight excluding hydrogens is 350 g/mol. The summed E-state index contributed by atoms with van der Waals surface area (Å²) < 4.78 is 31.8. The molecule has 0 spiro atoms. The fraction of sp³-hybridized carbons (Fsp3) is 0.250. The van der Waals surface area contributed by atoms with Crippen molar-refractivity contribution in [3.8, 4) is 0 Å². The Balaban J connectivity index is 1.73. The minimum Gasteiger partial charge on any atom is -0.379 e. The molecule has 0 bridgehead atoms. The molecule has 5 nitrogen and oxygen atoms in total. The van der Waals surface area contributed by atoms with E-state index in [-0.39, 0.29) is 10.7 Å². The van der Waals surface area contributed by atoms with Crippen LogP contribution >= 0.6 is 0 Å². The molecule has 0 N–H and O–H groups in total. The minimum absolute atomic E-state index is 0.165. The van der Waals surface area contributed by atoms with Gasteiger partial charge in [0.25, 0.3) is 0 Å². The zero-order valence-electron chi connectivity index (χ0n) is 14.6. The molecule has 1 fully saturated rings. The first-order chi connectivity index (χ1) is 12.5. The number of carbonyl (C=O) groups is 1. The number of hydrogen-bond acceptors (Lipinski definition) is 4. The van der Waals surface area contributed by atoms with Crippen LogP contribution in [0.5, 0.6) is 0 Å². The Hall–Kier alpha value is -2.28. The van der Waals surface area contributed by atoms with Crippen LogP contribution < -0.4 is 0 Å². The third-order valence-electron chi connectivity index (χ3n) is 4.22. The van der Waals surface area contributed by atoms with Crippen LogP contribution in [0.25, 0.3) is 6.08 Å². The van der Waals surface area contributed by atoms with E-state index >= 15 is 0 Å². The van der Waals surface area contributed by atoms with Crippen molar-refractivity contribution in [3.63, 3.8) is 0 Å². The highest BCUT2D eigenvalue weighted by Crippen LogP contribution is 2.18. The second kappa shape index (κ2) is 7.95. The van der Waals surface area contributed by atoms with Crippen LogP contribution in [-0.2, 0) is 14.8 Å². The van der Waals surface area contributed by atoms with Crippen molar-refractivity contribution in [1.82, 2.24) is 4.31 Å². The highest BCUT2D eigenvalue weighted by Gasteiger charge is 2.26. The highest BCUT2D eigenvalue weighted by molar-refractivity contribution is 7.89. The second-order valence-electron chi connectivity index (χ2n) is 6.15. The van der Waals surface area contributed by atoms with E-state index in [1.807, 2.05) is 31.2 Å². The lowest BCUT2D eigenvalue weighted by atomic mass is 10.1. The fourth-order valence-corrected chi connectivity index (χ4v) is 4.18. The number of morpholine rings is 1. The van der Waals surface area contributed by atoms with Crippen LogP contribution in [0.3, 0.4) is 0 Å². The Labute approximate surface area is 154 Å². The molecule has 26 heavy (non-hydrogen) atoms. The van der Waals surface area contributed by atoms with Gasteiger partial charge in [-0.15, -0.1) is 0 Å². The molecule has 1 saturated heterocycles. The Bertz CT molecular complexity index is 911. The fourth-order valence-electron chi connectivity index (χ4n) is 2.77. The topological polar surface area (TPSA) is 63.7 Å². The SMILES string of the molecule is Cc1cccc(/C=C/C(=O)c2ccc(S(=O)(=O)N3CCOCC3)cc2)c1. The van der Waals surface area contributed by atoms with Crippen molar-refractivity contribution >= 4 is 21.9 Å². The van der Waals surface area contributed by atoms with Crippen LogP contribution in [0.4, 0.5) is 0 Å². The number of rotatable bonds is 5. The van der Waals surface area contributed by atoms with Crippen molar-refractivity contribution in [2.24, 2.45) is 0 Å². The molecule has 136 valence electrons. The number of ketones is 1. The first-order valence-electron chi connectivity index (χ1n) is 8.44. The maximum absolute atomic E-state index is 12.6.